The number of hydrogen-bond donors (Lipinski definition) is 1. The van der Waals surface area contributed by atoms with Gasteiger partial charge in [-0.2, -0.15) is 0 Å². The maximum absolute atomic E-state index is 12.6. The second kappa shape index (κ2) is 6.41. The molecule has 0 aliphatic carbocycles. The Labute approximate surface area is 137 Å². The molecule has 1 atom stereocenters. The molecule has 0 aromatic carbocycles. The average Bonchev–Trinajstić information content (AvgIpc) is 3.25. The molecule has 0 radical (unpaired) electrons. The van der Waals surface area contributed by atoms with Crippen molar-refractivity contribution in [1.82, 2.24) is 10.1 Å². The van der Waals surface area contributed by atoms with Gasteiger partial charge in [-0.3, -0.25) is 0 Å². The number of likely N-dealkylation sites (tertiary alicyclic amines) is 1. The van der Waals surface area contributed by atoms with Gasteiger partial charge < -0.3 is 19.5 Å². The van der Waals surface area contributed by atoms with Crippen molar-refractivity contribution >= 4 is 29.0 Å². The van der Waals surface area contributed by atoms with Crippen LogP contribution < -0.4 is 5.32 Å². The fourth-order valence-corrected chi connectivity index (χ4v) is 3.47. The summed E-state index contributed by atoms with van der Waals surface area (Å²) in [7, 11) is 1.32. The van der Waals surface area contributed by atoms with E-state index in [1.807, 2.05) is 13.0 Å². The molecule has 1 saturated heterocycles. The van der Waals surface area contributed by atoms with E-state index in [1.165, 1.54) is 18.4 Å². The Morgan fingerprint density at radius 1 is 1.52 bits per heavy atom. The molecule has 0 spiro atoms. The number of urea groups is 1. The third-order valence-corrected chi connectivity index (χ3v) is 4.67. The zero-order valence-electron chi connectivity index (χ0n) is 12.9. The van der Waals surface area contributed by atoms with Crippen molar-refractivity contribution in [2.75, 3.05) is 19.0 Å². The minimum atomic E-state index is -0.458. The Hall–Kier alpha value is -2.35. The zero-order chi connectivity index (χ0) is 16.4. The first-order valence-corrected chi connectivity index (χ1v) is 8.14. The molecule has 0 saturated carbocycles. The lowest BCUT2D eigenvalue weighted by atomic mass is 10.1. The number of esters is 1. The number of nitrogens with zero attached hydrogens (tertiary/aromatic N) is 2. The van der Waals surface area contributed by atoms with Crippen LogP contribution in [0.25, 0.3) is 0 Å². The molecule has 2 aromatic rings. The predicted octanol–water partition coefficient (Wildman–Crippen LogP) is 3.20. The predicted molar refractivity (Wildman–Crippen MR) is 84.6 cm³/mol. The van der Waals surface area contributed by atoms with E-state index in [0.29, 0.717) is 17.1 Å². The van der Waals surface area contributed by atoms with E-state index in [1.54, 1.807) is 16.3 Å². The smallest absolute Gasteiger partial charge is 0.350 e. The largest absolute Gasteiger partial charge is 0.465 e. The van der Waals surface area contributed by atoms with Crippen LogP contribution in [0, 0.1) is 6.92 Å². The summed E-state index contributed by atoms with van der Waals surface area (Å²) in [5.74, 6) is 0.262. The van der Waals surface area contributed by atoms with Gasteiger partial charge in [-0.1, -0.05) is 5.16 Å². The van der Waals surface area contributed by atoms with Crippen molar-refractivity contribution in [2.45, 2.75) is 25.8 Å². The fourth-order valence-electron chi connectivity index (χ4n) is 2.71. The third-order valence-electron chi connectivity index (χ3n) is 3.78. The van der Waals surface area contributed by atoms with Crippen LogP contribution in [-0.2, 0) is 4.74 Å². The summed E-state index contributed by atoms with van der Waals surface area (Å²) in [6, 6.07) is 3.19. The maximum atomic E-state index is 12.6. The Morgan fingerprint density at radius 3 is 3.04 bits per heavy atom. The van der Waals surface area contributed by atoms with Crippen LogP contribution in [-0.4, -0.2) is 35.7 Å². The molecule has 1 aliphatic rings. The zero-order valence-corrected chi connectivity index (χ0v) is 13.7. The summed E-state index contributed by atoms with van der Waals surface area (Å²) in [6.07, 6.45) is 1.74. The molecule has 3 rings (SSSR count). The number of thiophene rings is 1. The van der Waals surface area contributed by atoms with Crippen molar-refractivity contribution < 1.29 is 18.8 Å². The topological polar surface area (TPSA) is 84.7 Å². The van der Waals surface area contributed by atoms with Crippen LogP contribution in [0.3, 0.4) is 0 Å². The molecule has 7 nitrogen and oxygen atoms in total. The monoisotopic (exact) mass is 335 g/mol. The normalized spacial score (nSPS) is 17.3. The van der Waals surface area contributed by atoms with Crippen LogP contribution in [0.4, 0.5) is 10.5 Å². The minimum absolute atomic E-state index is 0.104. The SMILES string of the molecule is COC(=O)c1sccc1NC(=O)N1CCC[C@@H]1c1cc(C)on1. The van der Waals surface area contributed by atoms with Crippen molar-refractivity contribution in [2.24, 2.45) is 0 Å². The van der Waals surface area contributed by atoms with E-state index < -0.39 is 5.97 Å². The third kappa shape index (κ3) is 3.07. The molecule has 1 N–H and O–H groups in total. The highest BCUT2D eigenvalue weighted by Crippen LogP contribution is 2.32. The highest BCUT2D eigenvalue weighted by Gasteiger charge is 2.32. The molecule has 2 aromatic heterocycles. The first-order chi connectivity index (χ1) is 11.1. The average molecular weight is 335 g/mol. The van der Waals surface area contributed by atoms with Crippen molar-refractivity contribution in [1.29, 1.82) is 0 Å². The van der Waals surface area contributed by atoms with Crippen LogP contribution in [0.5, 0.6) is 0 Å². The summed E-state index contributed by atoms with van der Waals surface area (Å²) in [6.45, 7) is 2.46. The Bertz CT molecular complexity index is 724. The molecule has 0 bridgehead atoms. The van der Waals surface area contributed by atoms with E-state index in [-0.39, 0.29) is 12.1 Å². The van der Waals surface area contributed by atoms with Gasteiger partial charge in [-0.15, -0.1) is 11.3 Å². The van der Waals surface area contributed by atoms with E-state index in [4.69, 9.17) is 9.26 Å². The Morgan fingerprint density at radius 2 is 2.35 bits per heavy atom. The lowest BCUT2D eigenvalue weighted by Crippen LogP contribution is -2.34. The van der Waals surface area contributed by atoms with Gasteiger partial charge >= 0.3 is 12.0 Å². The van der Waals surface area contributed by atoms with Gasteiger partial charge in [-0.25, -0.2) is 9.59 Å². The molecule has 8 heteroatoms. The number of aryl methyl sites for hydroxylation is 1. The molecular formula is C15H17N3O4S. The van der Waals surface area contributed by atoms with Crippen molar-refractivity contribution in [3.63, 3.8) is 0 Å². The number of rotatable bonds is 3. The number of amides is 2. The molecule has 1 fully saturated rings. The van der Waals surface area contributed by atoms with Crippen LogP contribution in [0.1, 0.15) is 40.0 Å². The molecule has 0 unspecified atom stereocenters. The van der Waals surface area contributed by atoms with E-state index in [2.05, 4.69) is 10.5 Å². The summed E-state index contributed by atoms with van der Waals surface area (Å²) >= 11 is 1.23. The number of aromatic nitrogens is 1. The van der Waals surface area contributed by atoms with Crippen molar-refractivity contribution in [3.05, 3.63) is 33.8 Å². The van der Waals surface area contributed by atoms with E-state index >= 15 is 0 Å². The first-order valence-electron chi connectivity index (χ1n) is 7.27. The van der Waals surface area contributed by atoms with Gasteiger partial charge in [0.25, 0.3) is 0 Å². The molecular weight excluding hydrogens is 318 g/mol. The standard InChI is InChI=1S/C15H17N3O4S/c1-9-8-11(17-22-9)12-4-3-6-18(12)15(20)16-10-5-7-23-13(10)14(19)21-2/h5,7-8,12H,3-4,6H2,1-2H3,(H,16,20)/t12-/m1/s1. The second-order valence-electron chi connectivity index (χ2n) is 5.30. The number of carbonyl (C=O) groups is 2. The van der Waals surface area contributed by atoms with Gasteiger partial charge in [-0.05, 0) is 31.2 Å². The highest BCUT2D eigenvalue weighted by molar-refractivity contribution is 7.12. The second-order valence-corrected chi connectivity index (χ2v) is 6.22. The highest BCUT2D eigenvalue weighted by atomic mass is 32.1. The first kappa shape index (κ1) is 15.5. The fraction of sp³-hybridized carbons (Fsp3) is 0.400. The number of hydrogen-bond acceptors (Lipinski definition) is 6. The molecule has 23 heavy (non-hydrogen) atoms. The number of methoxy groups -OCH3 is 1. The van der Waals surface area contributed by atoms with E-state index in [0.717, 1.165) is 24.3 Å². The van der Waals surface area contributed by atoms with Crippen LogP contribution in [0.15, 0.2) is 22.0 Å². The number of nitrogens with one attached hydrogen (secondary N) is 1. The lowest BCUT2D eigenvalue weighted by molar-refractivity contribution is 0.0607. The molecule has 122 valence electrons. The molecule has 3 heterocycles. The number of anilines is 1. The summed E-state index contributed by atoms with van der Waals surface area (Å²) in [5.41, 5.74) is 1.22. The van der Waals surface area contributed by atoms with Crippen molar-refractivity contribution in [3.8, 4) is 0 Å². The Balaban J connectivity index is 1.75. The lowest BCUT2D eigenvalue weighted by Gasteiger charge is -2.23. The summed E-state index contributed by atoms with van der Waals surface area (Å²) in [5, 5.41) is 8.55. The van der Waals surface area contributed by atoms with Gasteiger partial charge in [0.05, 0.1) is 18.8 Å². The summed E-state index contributed by atoms with van der Waals surface area (Å²) in [4.78, 5) is 26.4. The summed E-state index contributed by atoms with van der Waals surface area (Å²) < 4.78 is 9.83. The van der Waals surface area contributed by atoms with Gasteiger partial charge in [0, 0.05) is 12.6 Å². The number of ether oxygens (including phenoxy) is 1. The molecule has 2 amide bonds. The number of carbonyl (C=O) groups excluding carboxylic acids is 2. The Kier molecular flexibility index (Phi) is 4.33. The van der Waals surface area contributed by atoms with Gasteiger partial charge in [0.2, 0.25) is 0 Å². The van der Waals surface area contributed by atoms with Gasteiger partial charge in [0.15, 0.2) is 0 Å². The maximum Gasteiger partial charge on any atom is 0.350 e. The molecule has 1 aliphatic heterocycles. The van der Waals surface area contributed by atoms with Crippen LogP contribution in [0.2, 0.25) is 0 Å². The van der Waals surface area contributed by atoms with Crippen LogP contribution >= 0.6 is 11.3 Å². The quantitative estimate of drug-likeness (QED) is 0.871. The van der Waals surface area contributed by atoms with E-state index in [9.17, 15) is 9.59 Å². The minimum Gasteiger partial charge on any atom is -0.465 e. The van der Waals surface area contributed by atoms with Gasteiger partial charge in [0.1, 0.15) is 16.3 Å².